The van der Waals surface area contributed by atoms with Crippen molar-refractivity contribution in [3.8, 4) is 0 Å². The minimum absolute atomic E-state index is 0.0131. The number of carbonyl (C=O) groups excluding carboxylic acids is 2. The first-order valence-corrected chi connectivity index (χ1v) is 9.62. The van der Waals surface area contributed by atoms with Crippen molar-refractivity contribution in [2.24, 2.45) is 17.6 Å². The monoisotopic (exact) mass is 381 g/mol. The average Bonchev–Trinajstić information content (AvgIpc) is 3.48. The number of benzene rings is 2. The largest absolute Gasteiger partial charge is 0.378 e. The highest BCUT2D eigenvalue weighted by atomic mass is 19.1. The molecular formula is C22H24FN3O2. The van der Waals surface area contributed by atoms with Crippen LogP contribution in [-0.4, -0.2) is 17.9 Å². The molecule has 0 radical (unpaired) electrons. The van der Waals surface area contributed by atoms with Crippen molar-refractivity contribution in [3.05, 3.63) is 59.4 Å². The number of hydrogen-bond donors (Lipinski definition) is 2. The van der Waals surface area contributed by atoms with E-state index in [1.807, 2.05) is 4.90 Å². The van der Waals surface area contributed by atoms with Crippen molar-refractivity contribution in [2.45, 2.75) is 38.8 Å². The highest BCUT2D eigenvalue weighted by Crippen LogP contribution is 2.50. The fourth-order valence-electron chi connectivity index (χ4n) is 4.45. The first kappa shape index (κ1) is 18.5. The van der Waals surface area contributed by atoms with Crippen LogP contribution in [0.1, 0.15) is 48.7 Å². The van der Waals surface area contributed by atoms with Gasteiger partial charge in [0.15, 0.2) is 0 Å². The zero-order valence-electron chi connectivity index (χ0n) is 16.0. The molecule has 1 saturated carbocycles. The molecule has 5 nitrogen and oxygen atoms in total. The molecular weight excluding hydrogens is 357 g/mol. The van der Waals surface area contributed by atoms with Crippen LogP contribution in [0.5, 0.6) is 0 Å². The Morgan fingerprint density at radius 2 is 1.82 bits per heavy atom. The molecule has 0 unspecified atom stereocenters. The third kappa shape index (κ3) is 3.23. The average molecular weight is 381 g/mol. The molecule has 2 aromatic carbocycles. The Kier molecular flexibility index (Phi) is 4.57. The Morgan fingerprint density at radius 3 is 2.39 bits per heavy atom. The van der Waals surface area contributed by atoms with Crippen LogP contribution < -0.4 is 16.0 Å². The topological polar surface area (TPSA) is 75.4 Å². The van der Waals surface area contributed by atoms with Gasteiger partial charge < -0.3 is 16.0 Å². The summed E-state index contributed by atoms with van der Waals surface area (Å²) in [5, 5.41) is 3.50. The molecule has 0 bridgehead atoms. The molecule has 6 heteroatoms. The lowest BCUT2D eigenvalue weighted by Crippen LogP contribution is -2.51. The predicted molar refractivity (Wildman–Crippen MR) is 107 cm³/mol. The van der Waals surface area contributed by atoms with Crippen molar-refractivity contribution < 1.29 is 14.0 Å². The number of halogens is 1. The van der Waals surface area contributed by atoms with E-state index in [-0.39, 0.29) is 29.7 Å². The van der Waals surface area contributed by atoms with Gasteiger partial charge in [0.2, 0.25) is 11.8 Å². The smallest absolute Gasteiger partial charge is 0.248 e. The van der Waals surface area contributed by atoms with E-state index in [1.54, 1.807) is 37.3 Å². The maximum absolute atomic E-state index is 14.1. The Balaban J connectivity index is 1.74. The minimum atomic E-state index is -0.476. The van der Waals surface area contributed by atoms with Gasteiger partial charge in [-0.15, -0.1) is 0 Å². The molecule has 146 valence electrons. The number of nitrogens with zero attached hydrogens (tertiary/aromatic N) is 1. The predicted octanol–water partition coefficient (Wildman–Crippen LogP) is 3.86. The summed E-state index contributed by atoms with van der Waals surface area (Å²) in [5.41, 5.74) is 8.12. The highest BCUT2D eigenvalue weighted by Gasteiger charge is 2.47. The number of nitrogens with two attached hydrogens (primary N) is 1. The molecule has 1 aliphatic heterocycles. The fourth-order valence-corrected chi connectivity index (χ4v) is 4.45. The molecule has 3 N–H and O–H groups in total. The molecule has 4 rings (SSSR count). The summed E-state index contributed by atoms with van der Waals surface area (Å²) in [7, 11) is 0. The SMILES string of the molecule is CC(=O)N1c2ccc(F)cc2[C@H](Nc2ccc(C(N)=O)cc2)[C@@H](C)[C@H]1C1CC1. The van der Waals surface area contributed by atoms with Gasteiger partial charge in [0.25, 0.3) is 0 Å². The van der Waals surface area contributed by atoms with Crippen LogP contribution in [0.2, 0.25) is 0 Å². The van der Waals surface area contributed by atoms with Gasteiger partial charge in [0.05, 0.1) is 6.04 Å². The fraction of sp³-hybridized carbons (Fsp3) is 0.364. The minimum Gasteiger partial charge on any atom is -0.378 e. The number of amides is 2. The Bertz CT molecular complexity index is 924. The summed E-state index contributed by atoms with van der Waals surface area (Å²) in [4.78, 5) is 25.6. The van der Waals surface area contributed by atoms with E-state index in [0.717, 1.165) is 29.8 Å². The lowest BCUT2D eigenvalue weighted by atomic mass is 9.79. The molecule has 0 aromatic heterocycles. The summed E-state index contributed by atoms with van der Waals surface area (Å²) in [5.74, 6) is -0.243. The zero-order chi connectivity index (χ0) is 20.0. The summed E-state index contributed by atoms with van der Waals surface area (Å²) < 4.78 is 14.1. The maximum Gasteiger partial charge on any atom is 0.248 e. The number of primary amides is 1. The third-order valence-electron chi connectivity index (χ3n) is 5.88. The second-order valence-corrected chi connectivity index (χ2v) is 7.84. The highest BCUT2D eigenvalue weighted by molar-refractivity contribution is 5.94. The number of fused-ring (bicyclic) bond motifs is 1. The summed E-state index contributed by atoms with van der Waals surface area (Å²) in [6.07, 6.45) is 2.21. The lowest BCUT2D eigenvalue weighted by molar-refractivity contribution is -0.117. The number of nitrogens with one attached hydrogen (secondary N) is 1. The lowest BCUT2D eigenvalue weighted by Gasteiger charge is -2.46. The summed E-state index contributed by atoms with van der Waals surface area (Å²) >= 11 is 0. The van der Waals surface area contributed by atoms with Gasteiger partial charge in [-0.3, -0.25) is 9.59 Å². The molecule has 2 aromatic rings. The van der Waals surface area contributed by atoms with Crippen LogP contribution in [-0.2, 0) is 4.79 Å². The van der Waals surface area contributed by atoms with E-state index in [2.05, 4.69) is 12.2 Å². The van der Waals surface area contributed by atoms with Crippen molar-refractivity contribution in [1.82, 2.24) is 0 Å². The normalized spacial score (nSPS) is 23.8. The van der Waals surface area contributed by atoms with E-state index < -0.39 is 5.91 Å². The third-order valence-corrected chi connectivity index (χ3v) is 5.88. The van der Waals surface area contributed by atoms with Gasteiger partial charge in [-0.25, -0.2) is 4.39 Å². The summed E-state index contributed by atoms with van der Waals surface area (Å²) in [6, 6.07) is 11.5. The molecule has 28 heavy (non-hydrogen) atoms. The molecule has 0 spiro atoms. The molecule has 2 aliphatic rings. The molecule has 0 saturated heterocycles. The van der Waals surface area contributed by atoms with Gasteiger partial charge in [-0.05, 0) is 61.2 Å². The molecule has 3 atom stereocenters. The molecule has 1 fully saturated rings. The van der Waals surface area contributed by atoms with Gasteiger partial charge in [0.1, 0.15) is 5.82 Å². The van der Waals surface area contributed by atoms with Crippen LogP contribution in [0.3, 0.4) is 0 Å². The van der Waals surface area contributed by atoms with Crippen LogP contribution in [0.15, 0.2) is 42.5 Å². The Morgan fingerprint density at radius 1 is 1.14 bits per heavy atom. The van der Waals surface area contributed by atoms with Crippen LogP contribution >= 0.6 is 0 Å². The van der Waals surface area contributed by atoms with E-state index in [4.69, 9.17) is 5.73 Å². The van der Waals surface area contributed by atoms with Crippen molar-refractivity contribution >= 4 is 23.2 Å². The Labute approximate surface area is 163 Å². The first-order valence-electron chi connectivity index (χ1n) is 9.62. The van der Waals surface area contributed by atoms with Gasteiger partial charge in [-0.2, -0.15) is 0 Å². The molecule has 1 heterocycles. The number of anilines is 2. The van der Waals surface area contributed by atoms with E-state index >= 15 is 0 Å². The molecule has 2 amide bonds. The standard InChI is InChI=1S/C22H24FN3O2/c1-12-20(25-17-8-5-15(6-9-17)22(24)28)18-11-16(23)7-10-19(18)26(13(2)27)21(12)14-3-4-14/h5-12,14,20-21,25H,3-4H2,1-2H3,(H2,24,28)/t12-,20-,21+/m1/s1. The van der Waals surface area contributed by atoms with Crippen LogP contribution in [0, 0.1) is 17.7 Å². The second-order valence-electron chi connectivity index (χ2n) is 7.84. The van der Waals surface area contributed by atoms with E-state index in [9.17, 15) is 14.0 Å². The number of rotatable bonds is 4. The van der Waals surface area contributed by atoms with Crippen molar-refractivity contribution in [3.63, 3.8) is 0 Å². The van der Waals surface area contributed by atoms with Crippen molar-refractivity contribution in [1.29, 1.82) is 0 Å². The van der Waals surface area contributed by atoms with Crippen LogP contribution in [0.4, 0.5) is 15.8 Å². The van der Waals surface area contributed by atoms with Crippen LogP contribution in [0.25, 0.3) is 0 Å². The Hall–Kier alpha value is -2.89. The quantitative estimate of drug-likeness (QED) is 0.844. The number of carbonyl (C=O) groups is 2. The first-order chi connectivity index (χ1) is 13.4. The van der Waals surface area contributed by atoms with Gasteiger partial charge in [-0.1, -0.05) is 6.92 Å². The zero-order valence-corrected chi connectivity index (χ0v) is 16.0. The second kappa shape index (κ2) is 6.93. The number of hydrogen-bond acceptors (Lipinski definition) is 3. The van der Waals surface area contributed by atoms with E-state index in [0.29, 0.717) is 11.5 Å². The van der Waals surface area contributed by atoms with Gasteiger partial charge in [0, 0.05) is 41.4 Å². The maximum atomic E-state index is 14.1. The summed E-state index contributed by atoms with van der Waals surface area (Å²) in [6.45, 7) is 3.69. The van der Waals surface area contributed by atoms with Crippen molar-refractivity contribution in [2.75, 3.05) is 10.2 Å². The van der Waals surface area contributed by atoms with E-state index in [1.165, 1.54) is 12.1 Å². The molecule has 1 aliphatic carbocycles. The van der Waals surface area contributed by atoms with Gasteiger partial charge >= 0.3 is 0 Å².